The maximum Gasteiger partial charge on any atom is 0.295 e. The Morgan fingerprint density at radius 3 is 2.27 bits per heavy atom. The summed E-state index contributed by atoms with van der Waals surface area (Å²) in [4.78, 5) is 26.1. The van der Waals surface area contributed by atoms with Gasteiger partial charge in [0.25, 0.3) is 11.7 Å². The molecule has 5 nitrogen and oxygen atoms in total. The normalized spacial score (nSPS) is 19.2. The lowest BCUT2D eigenvalue weighted by Gasteiger charge is -2.24. The predicted octanol–water partition coefficient (Wildman–Crippen LogP) is 2.89. The number of likely N-dealkylation sites (tertiary alicyclic amines) is 1. The van der Waals surface area contributed by atoms with Crippen LogP contribution in [0.4, 0.5) is 4.39 Å². The van der Waals surface area contributed by atoms with Crippen LogP contribution in [0.5, 0.6) is 0 Å². The van der Waals surface area contributed by atoms with E-state index in [9.17, 15) is 24.2 Å². The fraction of sp³-hybridized carbons (Fsp3) is 0.158. The van der Waals surface area contributed by atoms with E-state index >= 15 is 0 Å². The highest BCUT2D eigenvalue weighted by atomic mass is 35.5. The van der Waals surface area contributed by atoms with Gasteiger partial charge in [-0.25, -0.2) is 4.39 Å². The first-order valence-electron chi connectivity index (χ1n) is 7.84. The third-order valence-electron chi connectivity index (χ3n) is 4.18. The van der Waals surface area contributed by atoms with E-state index in [-0.39, 0.29) is 24.5 Å². The minimum Gasteiger partial charge on any atom is -0.507 e. The number of hydrogen-bond donors (Lipinski definition) is 2. The average molecular weight is 376 g/mol. The van der Waals surface area contributed by atoms with E-state index in [2.05, 4.69) is 0 Å². The highest BCUT2D eigenvalue weighted by Crippen LogP contribution is 2.39. The van der Waals surface area contributed by atoms with Crippen LogP contribution in [0.15, 0.2) is 54.1 Å². The molecule has 3 rings (SSSR count). The molecule has 1 amide bonds. The number of hydrogen-bond acceptors (Lipinski definition) is 4. The predicted molar refractivity (Wildman–Crippen MR) is 93.9 cm³/mol. The molecule has 134 valence electrons. The zero-order valence-corrected chi connectivity index (χ0v) is 14.3. The third-order valence-corrected chi connectivity index (χ3v) is 4.44. The number of halogens is 2. The molecule has 0 saturated carbocycles. The Morgan fingerprint density at radius 2 is 1.69 bits per heavy atom. The van der Waals surface area contributed by atoms with Gasteiger partial charge in [-0.3, -0.25) is 9.59 Å². The number of aliphatic hydroxyl groups is 2. The van der Waals surface area contributed by atoms with Gasteiger partial charge in [-0.05, 0) is 42.0 Å². The van der Waals surface area contributed by atoms with Crippen LogP contribution >= 0.6 is 11.6 Å². The van der Waals surface area contributed by atoms with Crippen molar-refractivity contribution in [3.05, 3.63) is 76.1 Å². The van der Waals surface area contributed by atoms with Crippen molar-refractivity contribution in [2.24, 2.45) is 0 Å². The van der Waals surface area contributed by atoms with Crippen molar-refractivity contribution in [2.45, 2.75) is 6.04 Å². The maximum atomic E-state index is 13.3. The zero-order valence-electron chi connectivity index (χ0n) is 13.5. The van der Waals surface area contributed by atoms with E-state index in [0.717, 1.165) is 4.90 Å². The summed E-state index contributed by atoms with van der Waals surface area (Å²) < 4.78 is 13.3. The van der Waals surface area contributed by atoms with Crippen molar-refractivity contribution in [1.82, 2.24) is 4.90 Å². The van der Waals surface area contributed by atoms with E-state index in [4.69, 9.17) is 11.6 Å². The lowest BCUT2D eigenvalue weighted by molar-refractivity contribution is -0.140. The Labute approximate surface area is 153 Å². The van der Waals surface area contributed by atoms with Gasteiger partial charge in [-0.15, -0.1) is 0 Å². The van der Waals surface area contributed by atoms with Crippen LogP contribution in [-0.4, -0.2) is 40.0 Å². The van der Waals surface area contributed by atoms with Crippen LogP contribution in [0.3, 0.4) is 0 Å². The number of aliphatic hydroxyl groups excluding tert-OH is 2. The van der Waals surface area contributed by atoms with Gasteiger partial charge < -0.3 is 15.1 Å². The fourth-order valence-electron chi connectivity index (χ4n) is 2.97. The van der Waals surface area contributed by atoms with Crippen LogP contribution in [0.25, 0.3) is 5.76 Å². The average Bonchev–Trinajstić information content (AvgIpc) is 2.88. The smallest absolute Gasteiger partial charge is 0.295 e. The Hall–Kier alpha value is -2.70. The van der Waals surface area contributed by atoms with Crippen molar-refractivity contribution in [3.8, 4) is 0 Å². The van der Waals surface area contributed by atoms with Gasteiger partial charge >= 0.3 is 0 Å². The molecule has 0 aliphatic carbocycles. The van der Waals surface area contributed by atoms with Crippen molar-refractivity contribution in [2.75, 3.05) is 13.2 Å². The molecule has 2 aromatic carbocycles. The van der Waals surface area contributed by atoms with Crippen LogP contribution < -0.4 is 0 Å². The fourth-order valence-corrected chi connectivity index (χ4v) is 3.10. The van der Waals surface area contributed by atoms with Gasteiger partial charge in [-0.2, -0.15) is 0 Å². The van der Waals surface area contributed by atoms with E-state index < -0.39 is 23.5 Å². The van der Waals surface area contributed by atoms with E-state index in [1.165, 1.54) is 36.4 Å². The number of benzene rings is 2. The maximum absolute atomic E-state index is 13.3. The molecule has 0 bridgehead atoms. The topological polar surface area (TPSA) is 77.8 Å². The Bertz CT molecular complexity index is 877. The minimum atomic E-state index is -0.918. The highest BCUT2D eigenvalue weighted by Gasteiger charge is 2.45. The monoisotopic (exact) mass is 375 g/mol. The molecule has 1 atom stereocenters. The van der Waals surface area contributed by atoms with E-state index in [0.29, 0.717) is 16.1 Å². The summed E-state index contributed by atoms with van der Waals surface area (Å²) in [5, 5.41) is 20.4. The third kappa shape index (κ3) is 3.21. The summed E-state index contributed by atoms with van der Waals surface area (Å²) in [6, 6.07) is 10.5. The van der Waals surface area contributed by atoms with Gasteiger partial charge in [0, 0.05) is 17.1 Å². The first-order chi connectivity index (χ1) is 12.4. The first-order valence-corrected chi connectivity index (χ1v) is 8.22. The number of β-amino-alcohol motifs (C(OH)–C–C–N with tert-alkyl or cyclic N) is 1. The molecule has 0 aromatic heterocycles. The minimum absolute atomic E-state index is 0.0932. The lowest BCUT2D eigenvalue weighted by Crippen LogP contribution is -2.32. The highest BCUT2D eigenvalue weighted by molar-refractivity contribution is 6.46. The SMILES string of the molecule is O=C1C(=O)N(CCO)[C@H](c2ccc(F)cc2)C1=C(O)c1ccc(Cl)cc1. The van der Waals surface area contributed by atoms with Crippen molar-refractivity contribution < 1.29 is 24.2 Å². The molecule has 0 unspecified atom stereocenters. The number of ketones is 1. The zero-order chi connectivity index (χ0) is 18.8. The van der Waals surface area contributed by atoms with Crippen LogP contribution in [-0.2, 0) is 9.59 Å². The molecule has 2 N–H and O–H groups in total. The summed E-state index contributed by atoms with van der Waals surface area (Å²) in [5.41, 5.74) is 0.662. The largest absolute Gasteiger partial charge is 0.507 e. The summed E-state index contributed by atoms with van der Waals surface area (Å²) in [7, 11) is 0. The molecule has 1 saturated heterocycles. The number of carbonyl (C=O) groups excluding carboxylic acids is 2. The van der Waals surface area contributed by atoms with Crippen LogP contribution in [0.2, 0.25) is 5.02 Å². The number of rotatable bonds is 4. The molecule has 2 aromatic rings. The summed E-state index contributed by atoms with van der Waals surface area (Å²) in [6.07, 6.45) is 0. The molecule has 1 heterocycles. The molecule has 1 fully saturated rings. The van der Waals surface area contributed by atoms with Gasteiger partial charge in [0.2, 0.25) is 0 Å². The van der Waals surface area contributed by atoms with Gasteiger partial charge in [0.05, 0.1) is 18.2 Å². The number of Topliss-reactive ketones (excluding diaryl/α,β-unsaturated/α-hetero) is 1. The number of nitrogens with zero attached hydrogens (tertiary/aromatic N) is 1. The summed E-state index contributed by atoms with van der Waals surface area (Å²) in [6.45, 7) is -0.449. The molecule has 1 aliphatic heterocycles. The number of carbonyl (C=O) groups is 2. The van der Waals surface area contributed by atoms with E-state index in [1.54, 1.807) is 12.1 Å². The summed E-state index contributed by atoms with van der Waals surface area (Å²) in [5.74, 6) is -2.51. The van der Waals surface area contributed by atoms with Gasteiger partial charge in [-0.1, -0.05) is 23.7 Å². The lowest BCUT2D eigenvalue weighted by atomic mass is 9.95. The van der Waals surface area contributed by atoms with Crippen LogP contribution in [0, 0.1) is 5.82 Å². The first kappa shape index (κ1) is 18.1. The molecule has 0 radical (unpaired) electrons. The second kappa shape index (κ2) is 7.27. The Balaban J connectivity index is 2.17. The molecular weight excluding hydrogens is 361 g/mol. The molecule has 7 heteroatoms. The van der Waals surface area contributed by atoms with E-state index in [1.807, 2.05) is 0 Å². The molecule has 1 aliphatic rings. The van der Waals surface area contributed by atoms with Crippen molar-refractivity contribution in [1.29, 1.82) is 0 Å². The second-order valence-electron chi connectivity index (χ2n) is 5.77. The van der Waals surface area contributed by atoms with Crippen molar-refractivity contribution in [3.63, 3.8) is 0 Å². The Kier molecular flexibility index (Phi) is 5.06. The molecular formula is C19H15ClFNO4. The van der Waals surface area contributed by atoms with Gasteiger partial charge in [0.15, 0.2) is 0 Å². The Morgan fingerprint density at radius 1 is 1.08 bits per heavy atom. The van der Waals surface area contributed by atoms with Crippen LogP contribution in [0.1, 0.15) is 17.2 Å². The molecule has 26 heavy (non-hydrogen) atoms. The standard InChI is InChI=1S/C19H15ClFNO4/c20-13-5-1-12(2-6-13)17(24)15-16(11-3-7-14(21)8-4-11)22(9-10-23)19(26)18(15)25/h1-8,16,23-24H,9-10H2/t16-/m1/s1. The summed E-state index contributed by atoms with van der Waals surface area (Å²) >= 11 is 5.84. The quantitative estimate of drug-likeness (QED) is 0.489. The molecule has 0 spiro atoms. The second-order valence-corrected chi connectivity index (χ2v) is 6.21. The van der Waals surface area contributed by atoms with Crippen molar-refractivity contribution >= 4 is 29.1 Å². The van der Waals surface area contributed by atoms with Gasteiger partial charge in [0.1, 0.15) is 11.6 Å². The number of amides is 1.